The predicted molar refractivity (Wildman–Crippen MR) is 45.5 cm³/mol. The number of fused-ring (bicyclic) bond motifs is 2. The third-order valence-corrected chi connectivity index (χ3v) is 3.72. The Morgan fingerprint density at radius 2 is 2.17 bits per heavy atom. The summed E-state index contributed by atoms with van der Waals surface area (Å²) in [5.41, 5.74) is 2.62. The van der Waals surface area contributed by atoms with Crippen LogP contribution in [0.15, 0.2) is 5.10 Å². The minimum Gasteiger partial charge on any atom is -0.246 e. The van der Waals surface area contributed by atoms with Crippen molar-refractivity contribution in [1.29, 1.82) is 0 Å². The van der Waals surface area contributed by atoms with Gasteiger partial charge in [0.25, 0.3) is 0 Å². The summed E-state index contributed by atoms with van der Waals surface area (Å²) in [5, 5.41) is 3.98. The topological polar surface area (TPSA) is 33.6 Å². The van der Waals surface area contributed by atoms with Crippen LogP contribution in [-0.4, -0.2) is 11.8 Å². The first-order chi connectivity index (χ1) is 5.89. The van der Waals surface area contributed by atoms with Gasteiger partial charge in [0.1, 0.15) is 5.60 Å². The molecular weight excluding hydrogens is 152 g/mol. The standard InChI is InChI=1S/C9H14N2O/c1-3-8-4-2-7(1)5-9(8)6-10-11-12-9/h6-8,11H,1-5H2. The van der Waals surface area contributed by atoms with E-state index in [4.69, 9.17) is 4.84 Å². The van der Waals surface area contributed by atoms with Crippen molar-refractivity contribution in [3.63, 3.8) is 0 Å². The average molecular weight is 166 g/mol. The van der Waals surface area contributed by atoms with E-state index in [-0.39, 0.29) is 5.60 Å². The third-order valence-electron chi connectivity index (χ3n) is 3.72. The molecule has 4 rings (SSSR count). The lowest BCUT2D eigenvalue weighted by atomic mass is 9.62. The van der Waals surface area contributed by atoms with Crippen LogP contribution in [0.4, 0.5) is 0 Å². The fourth-order valence-electron chi connectivity index (χ4n) is 3.03. The van der Waals surface area contributed by atoms with Gasteiger partial charge in [-0.3, -0.25) is 0 Å². The van der Waals surface area contributed by atoms with Crippen LogP contribution in [0.1, 0.15) is 32.1 Å². The molecule has 1 spiro atoms. The third kappa shape index (κ3) is 0.774. The zero-order valence-electron chi connectivity index (χ0n) is 7.12. The zero-order valence-corrected chi connectivity index (χ0v) is 7.12. The minimum absolute atomic E-state index is 0.0127. The van der Waals surface area contributed by atoms with Crippen LogP contribution in [0.3, 0.4) is 0 Å². The van der Waals surface area contributed by atoms with Crippen molar-refractivity contribution in [3.05, 3.63) is 0 Å². The Hall–Kier alpha value is -0.570. The molecule has 0 radical (unpaired) electrons. The lowest BCUT2D eigenvalue weighted by molar-refractivity contribution is -0.122. The first-order valence-electron chi connectivity index (χ1n) is 4.86. The molecule has 3 aliphatic carbocycles. The van der Waals surface area contributed by atoms with Crippen molar-refractivity contribution < 1.29 is 4.84 Å². The van der Waals surface area contributed by atoms with E-state index < -0.39 is 0 Å². The summed E-state index contributed by atoms with van der Waals surface area (Å²) in [5.74, 6) is 1.61. The molecule has 1 unspecified atom stereocenters. The number of nitrogens with one attached hydrogen (secondary N) is 1. The molecule has 3 fully saturated rings. The molecule has 3 nitrogen and oxygen atoms in total. The van der Waals surface area contributed by atoms with Crippen LogP contribution in [0.25, 0.3) is 0 Å². The molecule has 1 N–H and O–H groups in total. The first-order valence-corrected chi connectivity index (χ1v) is 4.86. The Bertz CT molecular complexity index is 221. The number of hydrogen-bond acceptors (Lipinski definition) is 3. The van der Waals surface area contributed by atoms with Crippen LogP contribution in [-0.2, 0) is 4.84 Å². The normalized spacial score (nSPS) is 50.0. The van der Waals surface area contributed by atoms with E-state index >= 15 is 0 Å². The van der Waals surface area contributed by atoms with E-state index in [9.17, 15) is 0 Å². The summed E-state index contributed by atoms with van der Waals surface area (Å²) < 4.78 is 0. The molecule has 1 heterocycles. The maximum absolute atomic E-state index is 5.54. The summed E-state index contributed by atoms with van der Waals surface area (Å²) in [6, 6.07) is 0. The van der Waals surface area contributed by atoms with Gasteiger partial charge in [-0.25, -0.2) is 4.84 Å². The monoisotopic (exact) mass is 166 g/mol. The number of nitrogens with zero attached hydrogens (tertiary/aromatic N) is 1. The molecular formula is C9H14N2O. The van der Waals surface area contributed by atoms with Gasteiger partial charge in [0.05, 0.1) is 6.21 Å². The van der Waals surface area contributed by atoms with Gasteiger partial charge in [-0.15, -0.1) is 0 Å². The van der Waals surface area contributed by atoms with Crippen LogP contribution in [0.5, 0.6) is 0 Å². The summed E-state index contributed by atoms with van der Waals surface area (Å²) in [6.07, 6.45) is 8.65. The Labute approximate surface area is 72.1 Å². The Morgan fingerprint density at radius 1 is 1.33 bits per heavy atom. The number of rotatable bonds is 0. The van der Waals surface area contributed by atoms with E-state index in [2.05, 4.69) is 10.7 Å². The van der Waals surface area contributed by atoms with Crippen LogP contribution >= 0.6 is 0 Å². The van der Waals surface area contributed by atoms with E-state index in [0.717, 1.165) is 11.8 Å². The highest BCUT2D eigenvalue weighted by Crippen LogP contribution is 2.48. The van der Waals surface area contributed by atoms with Gasteiger partial charge in [0.2, 0.25) is 0 Å². The molecule has 12 heavy (non-hydrogen) atoms. The molecule has 1 atom stereocenters. The molecule has 66 valence electrons. The lowest BCUT2D eigenvalue weighted by Gasteiger charge is -2.46. The number of hydrazone groups is 1. The average Bonchev–Trinajstić information content (AvgIpc) is 2.55. The predicted octanol–water partition coefficient (Wildman–Crippen LogP) is 1.46. The second-order valence-electron chi connectivity index (χ2n) is 4.33. The van der Waals surface area contributed by atoms with Crippen molar-refractivity contribution in [3.8, 4) is 0 Å². The molecule has 4 aliphatic rings. The Kier molecular flexibility index (Phi) is 1.28. The van der Waals surface area contributed by atoms with Crippen molar-refractivity contribution in [2.24, 2.45) is 16.9 Å². The van der Waals surface area contributed by atoms with E-state index in [1.807, 2.05) is 6.21 Å². The molecule has 2 bridgehead atoms. The number of hydrogen-bond donors (Lipinski definition) is 1. The van der Waals surface area contributed by atoms with Crippen molar-refractivity contribution in [2.45, 2.75) is 37.7 Å². The SMILES string of the molecule is C1=NNOC12CC1CCC2CC1. The van der Waals surface area contributed by atoms with Crippen LogP contribution in [0.2, 0.25) is 0 Å². The molecule has 3 saturated carbocycles. The van der Waals surface area contributed by atoms with Gasteiger partial charge in [0.15, 0.2) is 0 Å². The van der Waals surface area contributed by atoms with Gasteiger partial charge >= 0.3 is 0 Å². The zero-order chi connectivity index (χ0) is 8.02. The van der Waals surface area contributed by atoms with Crippen LogP contribution < -0.4 is 5.59 Å². The van der Waals surface area contributed by atoms with Crippen molar-refractivity contribution >= 4 is 6.21 Å². The van der Waals surface area contributed by atoms with Gasteiger partial charge in [-0.2, -0.15) is 10.7 Å². The second-order valence-corrected chi connectivity index (χ2v) is 4.33. The molecule has 0 saturated heterocycles. The molecule has 0 amide bonds. The Morgan fingerprint density at radius 3 is 2.67 bits per heavy atom. The van der Waals surface area contributed by atoms with Gasteiger partial charge in [-0.1, -0.05) is 0 Å². The van der Waals surface area contributed by atoms with Crippen molar-refractivity contribution in [2.75, 3.05) is 0 Å². The molecule has 1 aliphatic heterocycles. The Balaban J connectivity index is 1.91. The van der Waals surface area contributed by atoms with Gasteiger partial charge in [0, 0.05) is 0 Å². The highest BCUT2D eigenvalue weighted by Gasteiger charge is 2.49. The van der Waals surface area contributed by atoms with Gasteiger partial charge < -0.3 is 0 Å². The maximum Gasteiger partial charge on any atom is 0.138 e. The highest BCUT2D eigenvalue weighted by molar-refractivity contribution is 5.70. The lowest BCUT2D eigenvalue weighted by Crippen LogP contribution is -2.49. The van der Waals surface area contributed by atoms with E-state index in [1.54, 1.807) is 0 Å². The summed E-state index contributed by atoms with van der Waals surface area (Å²) in [7, 11) is 0. The van der Waals surface area contributed by atoms with Crippen molar-refractivity contribution in [1.82, 2.24) is 5.59 Å². The molecule has 0 aromatic heterocycles. The smallest absolute Gasteiger partial charge is 0.138 e. The van der Waals surface area contributed by atoms with Gasteiger partial charge in [-0.05, 0) is 43.9 Å². The summed E-state index contributed by atoms with van der Waals surface area (Å²) >= 11 is 0. The molecule has 0 aromatic rings. The van der Waals surface area contributed by atoms with E-state index in [0.29, 0.717) is 0 Å². The molecule has 3 heteroatoms. The quantitative estimate of drug-likeness (QED) is 0.591. The highest BCUT2D eigenvalue weighted by atomic mass is 16.7. The largest absolute Gasteiger partial charge is 0.246 e. The molecule has 0 aromatic carbocycles. The van der Waals surface area contributed by atoms with Crippen LogP contribution in [0, 0.1) is 11.8 Å². The maximum atomic E-state index is 5.54. The summed E-state index contributed by atoms with van der Waals surface area (Å²) in [4.78, 5) is 5.54. The summed E-state index contributed by atoms with van der Waals surface area (Å²) in [6.45, 7) is 0. The second kappa shape index (κ2) is 2.22. The fourth-order valence-corrected chi connectivity index (χ4v) is 3.03. The fraction of sp³-hybridized carbons (Fsp3) is 0.889. The first kappa shape index (κ1) is 6.89. The van der Waals surface area contributed by atoms with E-state index in [1.165, 1.54) is 32.1 Å². The minimum atomic E-state index is -0.0127.